The molecule has 0 aliphatic heterocycles. The van der Waals surface area contributed by atoms with Crippen LogP contribution >= 0.6 is 31.9 Å². The Morgan fingerprint density at radius 2 is 1.76 bits per heavy atom. The monoisotopic (exact) mass is 411 g/mol. The van der Waals surface area contributed by atoms with Gasteiger partial charge in [-0.05, 0) is 68.1 Å². The first-order valence-electron chi connectivity index (χ1n) is 7.88. The second-order valence-electron chi connectivity index (χ2n) is 6.22. The highest BCUT2D eigenvalue weighted by atomic mass is 79.9. The Morgan fingerprint density at radius 1 is 1.14 bits per heavy atom. The summed E-state index contributed by atoms with van der Waals surface area (Å²) in [6, 6.07) is 10.4. The molecule has 21 heavy (non-hydrogen) atoms. The number of rotatable bonds is 5. The molecule has 0 heterocycles. The first-order valence-corrected chi connectivity index (χ1v) is 9.71. The molecule has 0 N–H and O–H groups in total. The summed E-state index contributed by atoms with van der Waals surface area (Å²) in [5.41, 5.74) is 2.18. The first kappa shape index (κ1) is 17.0. The molecule has 1 fully saturated rings. The van der Waals surface area contributed by atoms with Crippen LogP contribution in [0.2, 0.25) is 0 Å². The number of benzene rings is 1. The number of halogens is 2. The molecule has 2 atom stereocenters. The topological polar surface area (TPSA) is 23.8 Å². The van der Waals surface area contributed by atoms with E-state index >= 15 is 0 Å². The van der Waals surface area contributed by atoms with Crippen LogP contribution in [-0.2, 0) is 0 Å². The number of nitrogens with zero attached hydrogens (tertiary/aromatic N) is 1. The second-order valence-corrected chi connectivity index (χ2v) is 8.84. The van der Waals surface area contributed by atoms with E-state index in [0.717, 1.165) is 11.5 Å². The van der Waals surface area contributed by atoms with Crippen LogP contribution in [0.25, 0.3) is 0 Å². The molecule has 0 spiro atoms. The Morgan fingerprint density at radius 3 is 2.29 bits per heavy atom. The quantitative estimate of drug-likeness (QED) is 0.531. The van der Waals surface area contributed by atoms with Crippen molar-refractivity contribution in [3.63, 3.8) is 0 Å². The second kappa shape index (κ2) is 8.34. The van der Waals surface area contributed by atoms with E-state index < -0.39 is 0 Å². The summed E-state index contributed by atoms with van der Waals surface area (Å²) in [4.78, 5) is 1.14. The summed E-state index contributed by atoms with van der Waals surface area (Å²) in [6.07, 6.45) is 7.90. The molecule has 0 saturated heterocycles. The molecule has 0 aromatic heterocycles. The van der Waals surface area contributed by atoms with Crippen molar-refractivity contribution in [1.82, 2.24) is 0 Å². The lowest BCUT2D eigenvalue weighted by Gasteiger charge is -2.29. The van der Waals surface area contributed by atoms with Gasteiger partial charge in [0.2, 0.25) is 0 Å². The van der Waals surface area contributed by atoms with Crippen molar-refractivity contribution in [2.75, 3.05) is 0 Å². The van der Waals surface area contributed by atoms with Gasteiger partial charge < -0.3 is 0 Å². The van der Waals surface area contributed by atoms with E-state index in [2.05, 4.69) is 57.0 Å². The van der Waals surface area contributed by atoms with E-state index in [4.69, 9.17) is 5.26 Å². The number of hydrogen-bond acceptors (Lipinski definition) is 1. The fraction of sp³-hybridized carbons (Fsp3) is 0.611. The fourth-order valence-corrected chi connectivity index (χ4v) is 3.77. The maximum atomic E-state index is 8.86. The molecule has 0 bridgehead atoms. The van der Waals surface area contributed by atoms with Gasteiger partial charge in [0.05, 0.1) is 11.6 Å². The third-order valence-corrected chi connectivity index (χ3v) is 7.31. The zero-order valence-corrected chi connectivity index (χ0v) is 15.7. The molecule has 0 radical (unpaired) electrons. The summed E-state index contributed by atoms with van der Waals surface area (Å²) >= 11 is 7.40. The molecule has 2 rings (SSSR count). The molecule has 0 amide bonds. The summed E-state index contributed by atoms with van der Waals surface area (Å²) < 4.78 is 0. The minimum absolute atomic E-state index is 0.549. The van der Waals surface area contributed by atoms with Gasteiger partial charge in [-0.25, -0.2) is 0 Å². The van der Waals surface area contributed by atoms with Crippen LogP contribution in [0.4, 0.5) is 0 Å². The predicted molar refractivity (Wildman–Crippen MR) is 96.2 cm³/mol. The van der Waals surface area contributed by atoms with Crippen molar-refractivity contribution in [3.8, 4) is 6.07 Å². The minimum atomic E-state index is 0.549. The van der Waals surface area contributed by atoms with E-state index in [1.807, 2.05) is 12.1 Å². The molecule has 1 aliphatic carbocycles. The Bertz CT molecular complexity index is 467. The van der Waals surface area contributed by atoms with Crippen molar-refractivity contribution in [3.05, 3.63) is 35.4 Å². The molecule has 3 heteroatoms. The van der Waals surface area contributed by atoms with Gasteiger partial charge in [0.25, 0.3) is 0 Å². The average molecular weight is 413 g/mol. The molecule has 114 valence electrons. The van der Waals surface area contributed by atoms with Gasteiger partial charge in [-0.1, -0.05) is 50.9 Å². The van der Waals surface area contributed by atoms with Crippen molar-refractivity contribution in [2.24, 2.45) is 5.92 Å². The normalized spacial score (nSPS) is 25.0. The lowest BCUT2D eigenvalue weighted by atomic mass is 9.77. The molecular formula is C18H23Br2N. The SMILES string of the molecule is CC(Br)C(Br)CC[C@H]1CC[C@H](c2ccc(C#N)cc2)CC1. The Labute approximate surface area is 145 Å². The maximum Gasteiger partial charge on any atom is 0.0991 e. The van der Waals surface area contributed by atoms with Crippen LogP contribution in [0.5, 0.6) is 0 Å². The van der Waals surface area contributed by atoms with Crippen molar-refractivity contribution in [2.45, 2.75) is 61.0 Å². The highest BCUT2D eigenvalue weighted by Gasteiger charge is 2.23. The molecule has 1 nitrogen and oxygen atoms in total. The van der Waals surface area contributed by atoms with E-state index in [0.29, 0.717) is 15.6 Å². The largest absolute Gasteiger partial charge is 0.192 e. The van der Waals surface area contributed by atoms with Crippen LogP contribution < -0.4 is 0 Å². The van der Waals surface area contributed by atoms with Gasteiger partial charge in [0, 0.05) is 9.65 Å². The Balaban J connectivity index is 1.79. The van der Waals surface area contributed by atoms with Gasteiger partial charge in [-0.15, -0.1) is 0 Å². The predicted octanol–water partition coefficient (Wildman–Crippen LogP) is 6.16. The molecular weight excluding hydrogens is 390 g/mol. The molecule has 1 aliphatic rings. The fourth-order valence-electron chi connectivity index (χ4n) is 3.24. The zero-order chi connectivity index (χ0) is 15.2. The van der Waals surface area contributed by atoms with Gasteiger partial charge in [0.1, 0.15) is 0 Å². The Kier molecular flexibility index (Phi) is 6.76. The third-order valence-electron chi connectivity index (χ3n) is 4.71. The van der Waals surface area contributed by atoms with E-state index in [1.165, 1.54) is 44.1 Å². The highest BCUT2D eigenvalue weighted by Crippen LogP contribution is 2.38. The summed E-state index contributed by atoms with van der Waals surface area (Å²) in [7, 11) is 0. The minimum Gasteiger partial charge on any atom is -0.192 e. The zero-order valence-electron chi connectivity index (χ0n) is 12.6. The lowest BCUT2D eigenvalue weighted by molar-refractivity contribution is 0.304. The van der Waals surface area contributed by atoms with Gasteiger partial charge in [-0.2, -0.15) is 5.26 Å². The summed E-state index contributed by atoms with van der Waals surface area (Å²) in [5.74, 6) is 1.59. The number of nitriles is 1. The highest BCUT2D eigenvalue weighted by molar-refractivity contribution is 9.12. The third kappa shape index (κ3) is 5.11. The smallest absolute Gasteiger partial charge is 0.0991 e. The summed E-state index contributed by atoms with van der Waals surface area (Å²) in [5, 5.41) is 8.86. The van der Waals surface area contributed by atoms with Crippen LogP contribution in [0.15, 0.2) is 24.3 Å². The standard InChI is InChI=1S/C18H23Br2N/c1-13(19)18(20)11-6-14-2-7-16(8-3-14)17-9-4-15(12-21)5-10-17/h4-5,9-10,13-14,16,18H,2-3,6-8,11H2,1H3/t13?,14-,16-,18?. The van der Waals surface area contributed by atoms with Gasteiger partial charge in [-0.3, -0.25) is 0 Å². The molecule has 1 saturated carbocycles. The maximum absolute atomic E-state index is 8.86. The summed E-state index contributed by atoms with van der Waals surface area (Å²) in [6.45, 7) is 2.21. The molecule has 1 aromatic rings. The molecule has 1 aromatic carbocycles. The average Bonchev–Trinajstić information content (AvgIpc) is 2.53. The van der Waals surface area contributed by atoms with E-state index in [1.54, 1.807) is 0 Å². The van der Waals surface area contributed by atoms with Crippen LogP contribution in [-0.4, -0.2) is 9.65 Å². The number of alkyl halides is 2. The number of hydrogen-bond donors (Lipinski definition) is 0. The molecule has 2 unspecified atom stereocenters. The lowest BCUT2D eigenvalue weighted by Crippen LogP contribution is -2.16. The van der Waals surface area contributed by atoms with Crippen molar-refractivity contribution in [1.29, 1.82) is 5.26 Å². The van der Waals surface area contributed by atoms with Crippen LogP contribution in [0.1, 0.15) is 62.5 Å². The van der Waals surface area contributed by atoms with Crippen LogP contribution in [0, 0.1) is 17.2 Å². The van der Waals surface area contributed by atoms with Crippen molar-refractivity contribution < 1.29 is 0 Å². The van der Waals surface area contributed by atoms with Crippen LogP contribution in [0.3, 0.4) is 0 Å². The van der Waals surface area contributed by atoms with E-state index in [9.17, 15) is 0 Å². The van der Waals surface area contributed by atoms with Crippen molar-refractivity contribution >= 4 is 31.9 Å². The van der Waals surface area contributed by atoms with Gasteiger partial charge in [0.15, 0.2) is 0 Å². The van der Waals surface area contributed by atoms with E-state index in [-0.39, 0.29) is 0 Å². The Hall–Kier alpha value is -0.330. The first-order chi connectivity index (χ1) is 10.1. The van der Waals surface area contributed by atoms with Gasteiger partial charge >= 0.3 is 0 Å².